The van der Waals surface area contributed by atoms with Crippen molar-refractivity contribution >= 4 is 39.1 Å². The molecule has 0 saturated heterocycles. The Kier molecular flexibility index (Phi) is 4.37. The lowest BCUT2D eigenvalue weighted by molar-refractivity contribution is 0.452. The Morgan fingerprint density at radius 3 is 2.67 bits per heavy atom. The molecule has 0 saturated carbocycles. The molecule has 1 heterocycles. The molecule has 0 unspecified atom stereocenters. The molecular weight excluding hydrogens is 346 g/mol. The van der Waals surface area contributed by atoms with Gasteiger partial charge in [0.25, 0.3) is 0 Å². The fraction of sp³-hybridized carbons (Fsp3) is 0.0909. The number of ether oxygens (including phenoxy) is 1. The molecule has 0 aliphatic rings. The van der Waals surface area contributed by atoms with E-state index in [4.69, 9.17) is 27.9 Å². The van der Waals surface area contributed by atoms with E-state index in [0.29, 0.717) is 10.2 Å². The van der Waals surface area contributed by atoms with E-state index >= 15 is 0 Å². The Labute approximate surface area is 121 Å². The minimum absolute atomic E-state index is 0.0118. The van der Waals surface area contributed by atoms with E-state index in [0.717, 1.165) is 0 Å². The van der Waals surface area contributed by atoms with Gasteiger partial charge in [0.15, 0.2) is 0 Å². The summed E-state index contributed by atoms with van der Waals surface area (Å²) in [5.74, 6) is 0.211. The maximum Gasteiger partial charge on any atom is 0.237 e. The van der Waals surface area contributed by atoms with Crippen LogP contribution in [0.25, 0.3) is 0 Å². The molecule has 1 aromatic carbocycles. The summed E-state index contributed by atoms with van der Waals surface area (Å²) in [6.07, 6.45) is 2.90. The van der Waals surface area contributed by atoms with Crippen molar-refractivity contribution in [2.75, 3.05) is 0 Å². The van der Waals surface area contributed by atoms with Gasteiger partial charge in [-0.05, 0) is 22.0 Å². The third-order valence-corrected chi connectivity index (χ3v) is 3.19. The standard InChI is InChI=1S/C11H6BrCl2FN2O/c12-7-1-8(14)9(15)2-10(7)18-11-5-16-6(3-13)4-17-11/h1-2,4-5H,3H2. The van der Waals surface area contributed by atoms with E-state index in [9.17, 15) is 4.39 Å². The van der Waals surface area contributed by atoms with E-state index in [2.05, 4.69) is 25.9 Å². The van der Waals surface area contributed by atoms with Gasteiger partial charge in [0, 0.05) is 6.07 Å². The summed E-state index contributed by atoms with van der Waals surface area (Å²) in [4.78, 5) is 8.00. The molecule has 0 bridgehead atoms. The van der Waals surface area contributed by atoms with Crippen LogP contribution in [0.1, 0.15) is 5.69 Å². The van der Waals surface area contributed by atoms with Crippen LogP contribution in [0.2, 0.25) is 5.02 Å². The lowest BCUT2D eigenvalue weighted by Gasteiger charge is -2.07. The zero-order valence-electron chi connectivity index (χ0n) is 8.83. The van der Waals surface area contributed by atoms with Crippen LogP contribution >= 0.6 is 39.1 Å². The molecule has 0 amide bonds. The number of hydrogen-bond acceptors (Lipinski definition) is 3. The summed E-state index contributed by atoms with van der Waals surface area (Å²) in [6, 6.07) is 2.58. The predicted octanol–water partition coefficient (Wildman–Crippen LogP) is 4.56. The molecule has 94 valence electrons. The molecule has 3 nitrogen and oxygen atoms in total. The molecule has 1 aromatic heterocycles. The van der Waals surface area contributed by atoms with Crippen molar-refractivity contribution in [3.8, 4) is 11.6 Å². The first-order chi connectivity index (χ1) is 8.60. The average molecular weight is 352 g/mol. The van der Waals surface area contributed by atoms with Crippen LogP contribution in [0.15, 0.2) is 29.0 Å². The Morgan fingerprint density at radius 2 is 2.06 bits per heavy atom. The number of benzene rings is 1. The maximum atomic E-state index is 13.3. The van der Waals surface area contributed by atoms with Crippen molar-refractivity contribution in [3.05, 3.63) is 45.5 Å². The molecule has 7 heteroatoms. The van der Waals surface area contributed by atoms with Gasteiger partial charge < -0.3 is 4.74 Å². The fourth-order valence-corrected chi connectivity index (χ4v) is 2.02. The minimum atomic E-state index is -0.569. The summed E-state index contributed by atoms with van der Waals surface area (Å²) < 4.78 is 19.2. The predicted molar refractivity (Wildman–Crippen MR) is 70.8 cm³/mol. The van der Waals surface area contributed by atoms with Crippen LogP contribution < -0.4 is 4.74 Å². The van der Waals surface area contributed by atoms with E-state index in [1.54, 1.807) is 0 Å². The largest absolute Gasteiger partial charge is 0.436 e. The van der Waals surface area contributed by atoms with Gasteiger partial charge >= 0.3 is 0 Å². The van der Waals surface area contributed by atoms with Crippen LogP contribution in [0.5, 0.6) is 11.6 Å². The van der Waals surface area contributed by atoms with Crippen LogP contribution in [0, 0.1) is 5.82 Å². The topological polar surface area (TPSA) is 35.0 Å². The first-order valence-corrected chi connectivity index (χ1v) is 6.50. The lowest BCUT2D eigenvalue weighted by Crippen LogP contribution is -1.93. The summed E-state index contributed by atoms with van der Waals surface area (Å²) in [7, 11) is 0. The number of alkyl halides is 1. The fourth-order valence-electron chi connectivity index (χ4n) is 1.16. The van der Waals surface area contributed by atoms with E-state index < -0.39 is 5.82 Å². The molecule has 0 radical (unpaired) electrons. The normalized spacial score (nSPS) is 10.4. The first-order valence-electron chi connectivity index (χ1n) is 4.79. The second-order valence-electron chi connectivity index (χ2n) is 3.28. The Balaban J connectivity index is 2.25. The van der Waals surface area contributed by atoms with E-state index in [1.165, 1.54) is 24.5 Å². The van der Waals surface area contributed by atoms with Crippen LogP contribution in [-0.4, -0.2) is 9.97 Å². The summed E-state index contributed by atoms with van der Waals surface area (Å²) in [6.45, 7) is 0. The van der Waals surface area contributed by atoms with Gasteiger partial charge in [-0.2, -0.15) is 0 Å². The third kappa shape index (κ3) is 3.10. The second kappa shape index (κ2) is 5.82. The highest BCUT2D eigenvalue weighted by Crippen LogP contribution is 2.32. The van der Waals surface area contributed by atoms with Crippen molar-refractivity contribution in [2.24, 2.45) is 0 Å². The molecule has 0 N–H and O–H groups in total. The van der Waals surface area contributed by atoms with Crippen LogP contribution in [0.3, 0.4) is 0 Å². The zero-order chi connectivity index (χ0) is 13.1. The summed E-state index contributed by atoms with van der Waals surface area (Å²) >= 11 is 14.4. The number of halogens is 4. The molecular formula is C11H6BrCl2FN2O. The third-order valence-electron chi connectivity index (χ3n) is 2.01. The highest BCUT2D eigenvalue weighted by Gasteiger charge is 2.09. The maximum absolute atomic E-state index is 13.3. The second-order valence-corrected chi connectivity index (χ2v) is 4.81. The van der Waals surface area contributed by atoms with Crippen LogP contribution in [0.4, 0.5) is 4.39 Å². The molecule has 0 aliphatic carbocycles. The van der Waals surface area contributed by atoms with Crippen molar-refractivity contribution < 1.29 is 9.13 Å². The number of nitrogens with zero attached hydrogens (tertiary/aromatic N) is 2. The van der Waals surface area contributed by atoms with E-state index in [1.807, 2.05) is 0 Å². The molecule has 0 spiro atoms. The van der Waals surface area contributed by atoms with E-state index in [-0.39, 0.29) is 22.5 Å². The quantitative estimate of drug-likeness (QED) is 0.600. The number of hydrogen-bond donors (Lipinski definition) is 0. The van der Waals surface area contributed by atoms with Gasteiger partial charge in [-0.1, -0.05) is 11.6 Å². The molecule has 2 aromatic rings. The molecule has 0 aliphatic heterocycles. The summed E-state index contributed by atoms with van der Waals surface area (Å²) in [5, 5.41) is 0.0118. The monoisotopic (exact) mass is 350 g/mol. The van der Waals surface area contributed by atoms with Gasteiger partial charge in [-0.3, -0.25) is 4.98 Å². The van der Waals surface area contributed by atoms with Gasteiger partial charge in [-0.25, -0.2) is 9.37 Å². The first kappa shape index (κ1) is 13.5. The van der Waals surface area contributed by atoms with Crippen molar-refractivity contribution in [2.45, 2.75) is 5.88 Å². The smallest absolute Gasteiger partial charge is 0.237 e. The number of rotatable bonds is 3. The highest BCUT2D eigenvalue weighted by molar-refractivity contribution is 9.10. The molecule has 0 atom stereocenters. The number of aromatic nitrogens is 2. The van der Waals surface area contributed by atoms with Crippen LogP contribution in [-0.2, 0) is 5.88 Å². The zero-order valence-corrected chi connectivity index (χ0v) is 11.9. The minimum Gasteiger partial charge on any atom is -0.436 e. The van der Waals surface area contributed by atoms with Gasteiger partial charge in [-0.15, -0.1) is 11.6 Å². The summed E-state index contributed by atoms with van der Waals surface area (Å²) in [5.41, 5.74) is 0.630. The van der Waals surface area contributed by atoms with Crippen molar-refractivity contribution in [1.82, 2.24) is 9.97 Å². The van der Waals surface area contributed by atoms with Gasteiger partial charge in [0.2, 0.25) is 5.88 Å². The van der Waals surface area contributed by atoms with Gasteiger partial charge in [0.1, 0.15) is 11.6 Å². The van der Waals surface area contributed by atoms with Crippen molar-refractivity contribution in [1.29, 1.82) is 0 Å². The average Bonchev–Trinajstić information content (AvgIpc) is 2.37. The Morgan fingerprint density at radius 1 is 1.28 bits per heavy atom. The highest BCUT2D eigenvalue weighted by atomic mass is 79.9. The molecule has 18 heavy (non-hydrogen) atoms. The van der Waals surface area contributed by atoms with Gasteiger partial charge in [0.05, 0.1) is 33.5 Å². The van der Waals surface area contributed by atoms with Crippen molar-refractivity contribution in [3.63, 3.8) is 0 Å². The SMILES string of the molecule is Fc1cc(Oc2cnc(CCl)cn2)c(Br)cc1Cl. The Hall–Kier alpha value is -0.910. The molecule has 2 rings (SSSR count). The lowest BCUT2D eigenvalue weighted by atomic mass is 10.3. The molecule has 0 fully saturated rings. The Bertz CT molecular complexity index is 566.